The van der Waals surface area contributed by atoms with Crippen LogP contribution in [0, 0.1) is 6.92 Å². The van der Waals surface area contributed by atoms with Crippen molar-refractivity contribution in [2.75, 3.05) is 25.1 Å². The first-order chi connectivity index (χ1) is 8.24. The van der Waals surface area contributed by atoms with Gasteiger partial charge in [0.25, 0.3) is 0 Å². The Bertz CT molecular complexity index is 355. The minimum Gasteiger partial charge on any atom is -0.382 e. The van der Waals surface area contributed by atoms with Crippen molar-refractivity contribution in [2.45, 2.75) is 20.3 Å². The Morgan fingerprint density at radius 1 is 1.53 bits per heavy atom. The number of pyridine rings is 1. The zero-order valence-corrected chi connectivity index (χ0v) is 10.3. The lowest BCUT2D eigenvalue weighted by Crippen LogP contribution is -2.30. The highest BCUT2D eigenvalue weighted by molar-refractivity contribution is 5.89. The topological polar surface area (TPSA) is 63.2 Å². The van der Waals surface area contributed by atoms with Gasteiger partial charge in [-0.3, -0.25) is 4.98 Å². The van der Waals surface area contributed by atoms with Crippen LogP contribution in [0.1, 0.15) is 18.9 Å². The molecule has 0 aliphatic rings. The molecule has 17 heavy (non-hydrogen) atoms. The smallest absolute Gasteiger partial charge is 0.319 e. The van der Waals surface area contributed by atoms with E-state index in [-0.39, 0.29) is 6.03 Å². The van der Waals surface area contributed by atoms with E-state index in [1.165, 1.54) is 0 Å². The molecule has 0 fully saturated rings. The number of nitrogens with zero attached hydrogens (tertiary/aromatic N) is 1. The van der Waals surface area contributed by atoms with Crippen molar-refractivity contribution in [1.82, 2.24) is 10.3 Å². The van der Waals surface area contributed by atoms with Gasteiger partial charge in [0.2, 0.25) is 0 Å². The quantitative estimate of drug-likeness (QED) is 0.743. The molecule has 1 aromatic heterocycles. The van der Waals surface area contributed by atoms with E-state index < -0.39 is 0 Å². The van der Waals surface area contributed by atoms with Gasteiger partial charge in [0.05, 0.1) is 0 Å². The fourth-order valence-electron chi connectivity index (χ4n) is 1.30. The van der Waals surface area contributed by atoms with E-state index in [9.17, 15) is 4.79 Å². The first-order valence-electron chi connectivity index (χ1n) is 5.77. The van der Waals surface area contributed by atoms with Gasteiger partial charge < -0.3 is 15.4 Å². The van der Waals surface area contributed by atoms with Crippen molar-refractivity contribution in [3.8, 4) is 0 Å². The number of hydrogen-bond acceptors (Lipinski definition) is 3. The minimum atomic E-state index is -0.198. The zero-order chi connectivity index (χ0) is 12.5. The van der Waals surface area contributed by atoms with E-state index in [0.717, 1.165) is 17.7 Å². The Morgan fingerprint density at radius 2 is 2.35 bits per heavy atom. The standard InChI is InChI=1S/C12H19N3O2/c1-3-17-8-4-6-14-12(16)15-11-5-7-13-9-10(11)2/h5,7,9H,3-4,6,8H2,1-2H3,(H2,13,14,15,16). The lowest BCUT2D eigenvalue weighted by Gasteiger charge is -2.09. The molecule has 1 rings (SSSR count). The fourth-order valence-corrected chi connectivity index (χ4v) is 1.30. The molecule has 2 amide bonds. The largest absolute Gasteiger partial charge is 0.382 e. The summed E-state index contributed by atoms with van der Waals surface area (Å²) >= 11 is 0. The molecule has 5 nitrogen and oxygen atoms in total. The summed E-state index contributed by atoms with van der Waals surface area (Å²) in [6.07, 6.45) is 4.18. The molecule has 2 N–H and O–H groups in total. The van der Waals surface area contributed by atoms with Crippen LogP contribution in [-0.2, 0) is 4.74 Å². The van der Waals surface area contributed by atoms with Gasteiger partial charge in [0, 0.05) is 37.8 Å². The monoisotopic (exact) mass is 237 g/mol. The number of rotatable bonds is 6. The lowest BCUT2D eigenvalue weighted by atomic mass is 10.2. The predicted molar refractivity (Wildman–Crippen MR) is 67.1 cm³/mol. The normalized spacial score (nSPS) is 10.0. The van der Waals surface area contributed by atoms with Crippen LogP contribution in [0.3, 0.4) is 0 Å². The second-order valence-corrected chi connectivity index (χ2v) is 3.62. The molecule has 0 saturated carbocycles. The number of aromatic nitrogens is 1. The van der Waals surface area contributed by atoms with Gasteiger partial charge in [-0.1, -0.05) is 0 Å². The second-order valence-electron chi connectivity index (χ2n) is 3.62. The number of anilines is 1. The molecule has 0 aliphatic carbocycles. The maximum absolute atomic E-state index is 11.5. The molecule has 94 valence electrons. The maximum atomic E-state index is 11.5. The Labute approximate surface area is 102 Å². The summed E-state index contributed by atoms with van der Waals surface area (Å²) in [6, 6.07) is 1.57. The van der Waals surface area contributed by atoms with Gasteiger partial charge in [0.1, 0.15) is 0 Å². The van der Waals surface area contributed by atoms with Crippen molar-refractivity contribution >= 4 is 11.7 Å². The van der Waals surface area contributed by atoms with Crippen LogP contribution in [-0.4, -0.2) is 30.8 Å². The molecule has 0 saturated heterocycles. The molecule has 1 aromatic rings. The predicted octanol–water partition coefficient (Wildman–Crippen LogP) is 1.94. The Balaban J connectivity index is 2.23. The summed E-state index contributed by atoms with van der Waals surface area (Å²) in [4.78, 5) is 15.5. The molecule has 0 unspecified atom stereocenters. The number of amides is 2. The Kier molecular flexibility index (Phi) is 6.03. The van der Waals surface area contributed by atoms with Crippen LogP contribution < -0.4 is 10.6 Å². The molecule has 0 bridgehead atoms. The molecular weight excluding hydrogens is 218 g/mol. The van der Waals surface area contributed by atoms with Crippen LogP contribution in [0.15, 0.2) is 18.5 Å². The highest BCUT2D eigenvalue weighted by Gasteiger charge is 2.02. The van der Waals surface area contributed by atoms with E-state index in [2.05, 4.69) is 15.6 Å². The van der Waals surface area contributed by atoms with Gasteiger partial charge in [-0.15, -0.1) is 0 Å². The van der Waals surface area contributed by atoms with Crippen molar-refractivity contribution < 1.29 is 9.53 Å². The molecule has 0 radical (unpaired) electrons. The van der Waals surface area contributed by atoms with Crippen molar-refractivity contribution in [1.29, 1.82) is 0 Å². The summed E-state index contributed by atoms with van der Waals surface area (Å²) in [5.74, 6) is 0. The highest BCUT2D eigenvalue weighted by atomic mass is 16.5. The molecule has 5 heteroatoms. The third-order valence-electron chi connectivity index (χ3n) is 2.22. The second kappa shape index (κ2) is 7.62. The lowest BCUT2D eigenvalue weighted by molar-refractivity contribution is 0.145. The number of aryl methyl sites for hydroxylation is 1. The van der Waals surface area contributed by atoms with Gasteiger partial charge >= 0.3 is 6.03 Å². The van der Waals surface area contributed by atoms with Gasteiger partial charge in [-0.25, -0.2) is 4.79 Å². The zero-order valence-electron chi connectivity index (χ0n) is 10.3. The number of carbonyl (C=O) groups is 1. The van der Waals surface area contributed by atoms with Crippen LogP contribution in [0.4, 0.5) is 10.5 Å². The third kappa shape index (κ3) is 5.31. The Hall–Kier alpha value is -1.62. The summed E-state index contributed by atoms with van der Waals surface area (Å²) in [7, 11) is 0. The number of ether oxygens (including phenoxy) is 1. The summed E-state index contributed by atoms with van der Waals surface area (Å²) < 4.78 is 5.17. The maximum Gasteiger partial charge on any atom is 0.319 e. The SMILES string of the molecule is CCOCCCNC(=O)Nc1ccncc1C. The van der Waals surface area contributed by atoms with Crippen molar-refractivity contribution in [3.63, 3.8) is 0 Å². The summed E-state index contributed by atoms with van der Waals surface area (Å²) in [5, 5.41) is 5.54. The number of urea groups is 1. The van der Waals surface area contributed by atoms with E-state index in [1.54, 1.807) is 18.5 Å². The Morgan fingerprint density at radius 3 is 3.06 bits per heavy atom. The first kappa shape index (κ1) is 13.4. The number of carbonyl (C=O) groups excluding carboxylic acids is 1. The minimum absolute atomic E-state index is 0.198. The number of nitrogens with one attached hydrogen (secondary N) is 2. The summed E-state index contributed by atoms with van der Waals surface area (Å²) in [6.45, 7) is 5.84. The van der Waals surface area contributed by atoms with Crippen molar-refractivity contribution in [3.05, 3.63) is 24.0 Å². The third-order valence-corrected chi connectivity index (χ3v) is 2.22. The summed E-state index contributed by atoms with van der Waals surface area (Å²) in [5.41, 5.74) is 1.72. The van der Waals surface area contributed by atoms with Crippen molar-refractivity contribution in [2.24, 2.45) is 0 Å². The molecule has 0 spiro atoms. The highest BCUT2D eigenvalue weighted by Crippen LogP contribution is 2.10. The first-order valence-corrected chi connectivity index (χ1v) is 5.77. The van der Waals surface area contributed by atoms with Crippen LogP contribution in [0.5, 0.6) is 0 Å². The van der Waals surface area contributed by atoms with E-state index in [0.29, 0.717) is 19.8 Å². The van der Waals surface area contributed by atoms with E-state index >= 15 is 0 Å². The van der Waals surface area contributed by atoms with Crippen LogP contribution in [0.25, 0.3) is 0 Å². The molecule has 0 aliphatic heterocycles. The molecule has 0 aromatic carbocycles. The van der Waals surface area contributed by atoms with Gasteiger partial charge in [-0.05, 0) is 31.9 Å². The van der Waals surface area contributed by atoms with Crippen LogP contribution in [0.2, 0.25) is 0 Å². The molecule has 1 heterocycles. The van der Waals surface area contributed by atoms with E-state index in [4.69, 9.17) is 4.74 Å². The average molecular weight is 237 g/mol. The van der Waals surface area contributed by atoms with Gasteiger partial charge in [-0.2, -0.15) is 0 Å². The molecular formula is C12H19N3O2. The average Bonchev–Trinajstić information content (AvgIpc) is 2.32. The van der Waals surface area contributed by atoms with Gasteiger partial charge in [0.15, 0.2) is 0 Å². The number of hydrogen-bond donors (Lipinski definition) is 2. The van der Waals surface area contributed by atoms with E-state index in [1.807, 2.05) is 13.8 Å². The van der Waals surface area contributed by atoms with Crippen LogP contribution >= 0.6 is 0 Å². The fraction of sp³-hybridized carbons (Fsp3) is 0.500. The molecule has 0 atom stereocenters.